The minimum Gasteiger partial charge on any atom is -0.212 e. The van der Waals surface area contributed by atoms with Crippen molar-refractivity contribution in [2.75, 3.05) is 0 Å². The molecule has 0 aromatic heterocycles. The third-order valence-corrected chi connectivity index (χ3v) is 5.02. The number of rotatable bonds is 2. The van der Waals surface area contributed by atoms with Crippen LogP contribution < -0.4 is 0 Å². The van der Waals surface area contributed by atoms with Crippen LogP contribution in [0.1, 0.15) is 25.0 Å². The summed E-state index contributed by atoms with van der Waals surface area (Å²) in [6.07, 6.45) is 0. The molecule has 88 valence electrons. The highest BCUT2D eigenvalue weighted by atomic mass is 32.2. The molecular formula is C11H14FNO2S. The number of fused-ring (bicyclic) bond motifs is 1. The van der Waals surface area contributed by atoms with Gasteiger partial charge < -0.3 is 0 Å². The Morgan fingerprint density at radius 3 is 2.56 bits per heavy atom. The van der Waals surface area contributed by atoms with E-state index >= 15 is 0 Å². The molecule has 2 rings (SSSR count). The van der Waals surface area contributed by atoms with Crippen LogP contribution in [0.4, 0.5) is 4.39 Å². The molecule has 0 N–H and O–H groups in total. The molecule has 0 unspecified atom stereocenters. The molecule has 1 aromatic carbocycles. The molecular weight excluding hydrogens is 229 g/mol. The van der Waals surface area contributed by atoms with Crippen LogP contribution in [-0.4, -0.2) is 18.0 Å². The summed E-state index contributed by atoms with van der Waals surface area (Å²) in [5.41, 5.74) is 1.27. The fourth-order valence-corrected chi connectivity index (χ4v) is 3.05. The molecule has 0 saturated heterocycles. The van der Waals surface area contributed by atoms with Gasteiger partial charge in [0.1, 0.15) is 5.82 Å². The van der Waals surface area contributed by atoms with Crippen molar-refractivity contribution in [2.24, 2.45) is 0 Å². The SMILES string of the molecule is CC(C)S(=O)(=O)N1Cc2cccc(F)c2C1. The summed E-state index contributed by atoms with van der Waals surface area (Å²) in [5.74, 6) is -0.320. The van der Waals surface area contributed by atoms with Gasteiger partial charge in [-0.25, -0.2) is 12.8 Å². The number of benzene rings is 1. The molecule has 1 aliphatic heterocycles. The van der Waals surface area contributed by atoms with E-state index in [2.05, 4.69) is 0 Å². The lowest BCUT2D eigenvalue weighted by Crippen LogP contribution is -2.32. The monoisotopic (exact) mass is 243 g/mol. The summed E-state index contributed by atoms with van der Waals surface area (Å²) in [6.45, 7) is 3.71. The quantitative estimate of drug-likeness (QED) is 0.795. The zero-order chi connectivity index (χ0) is 11.9. The summed E-state index contributed by atoms with van der Waals surface area (Å²) >= 11 is 0. The highest BCUT2D eigenvalue weighted by molar-refractivity contribution is 7.89. The molecule has 1 aliphatic rings. The molecule has 0 saturated carbocycles. The van der Waals surface area contributed by atoms with Crippen LogP contribution in [0.3, 0.4) is 0 Å². The minimum absolute atomic E-state index is 0.155. The molecule has 0 radical (unpaired) electrons. The van der Waals surface area contributed by atoms with Crippen molar-refractivity contribution in [3.63, 3.8) is 0 Å². The average molecular weight is 243 g/mol. The predicted octanol–water partition coefficient (Wildman–Crippen LogP) is 1.88. The second-order valence-corrected chi connectivity index (χ2v) is 6.73. The van der Waals surface area contributed by atoms with Crippen molar-refractivity contribution in [1.82, 2.24) is 4.31 Å². The minimum atomic E-state index is -3.29. The van der Waals surface area contributed by atoms with E-state index in [9.17, 15) is 12.8 Å². The van der Waals surface area contributed by atoms with E-state index in [0.717, 1.165) is 5.56 Å². The Bertz CT molecular complexity index is 511. The van der Waals surface area contributed by atoms with Crippen LogP contribution in [0.25, 0.3) is 0 Å². The van der Waals surface area contributed by atoms with Gasteiger partial charge in [0.15, 0.2) is 0 Å². The zero-order valence-electron chi connectivity index (χ0n) is 9.27. The fourth-order valence-electron chi connectivity index (χ4n) is 1.83. The third-order valence-electron chi connectivity index (χ3n) is 2.85. The van der Waals surface area contributed by atoms with E-state index in [1.54, 1.807) is 26.0 Å². The van der Waals surface area contributed by atoms with E-state index in [1.807, 2.05) is 0 Å². The Balaban J connectivity index is 2.34. The Kier molecular flexibility index (Phi) is 2.75. The van der Waals surface area contributed by atoms with Crippen molar-refractivity contribution < 1.29 is 12.8 Å². The molecule has 0 atom stereocenters. The first-order valence-electron chi connectivity index (χ1n) is 5.18. The van der Waals surface area contributed by atoms with Crippen LogP contribution in [-0.2, 0) is 23.1 Å². The molecule has 5 heteroatoms. The number of sulfonamides is 1. The predicted molar refractivity (Wildman–Crippen MR) is 59.7 cm³/mol. The fraction of sp³-hybridized carbons (Fsp3) is 0.455. The Labute approximate surface area is 94.9 Å². The first-order chi connectivity index (χ1) is 7.43. The lowest BCUT2D eigenvalue weighted by atomic mass is 10.1. The van der Waals surface area contributed by atoms with Gasteiger partial charge >= 0.3 is 0 Å². The molecule has 0 aliphatic carbocycles. The number of hydrogen-bond acceptors (Lipinski definition) is 2. The Morgan fingerprint density at radius 1 is 1.31 bits per heavy atom. The lowest BCUT2D eigenvalue weighted by Gasteiger charge is -2.18. The van der Waals surface area contributed by atoms with E-state index < -0.39 is 15.3 Å². The van der Waals surface area contributed by atoms with Crippen molar-refractivity contribution >= 4 is 10.0 Å². The maximum Gasteiger partial charge on any atom is 0.217 e. The maximum absolute atomic E-state index is 13.4. The second kappa shape index (κ2) is 3.82. The van der Waals surface area contributed by atoms with Crippen molar-refractivity contribution in [3.8, 4) is 0 Å². The van der Waals surface area contributed by atoms with E-state index in [0.29, 0.717) is 5.56 Å². The molecule has 1 heterocycles. The molecule has 0 fully saturated rings. The molecule has 0 bridgehead atoms. The first kappa shape index (κ1) is 11.5. The van der Waals surface area contributed by atoms with Gasteiger partial charge in [-0.3, -0.25) is 0 Å². The molecule has 1 aromatic rings. The standard InChI is InChI=1S/C11H14FNO2S/c1-8(2)16(14,15)13-6-9-4-3-5-11(12)10(9)7-13/h3-5,8H,6-7H2,1-2H3. The van der Waals surface area contributed by atoms with Crippen molar-refractivity contribution in [2.45, 2.75) is 32.2 Å². The smallest absolute Gasteiger partial charge is 0.212 e. The molecule has 16 heavy (non-hydrogen) atoms. The summed E-state index contributed by atoms with van der Waals surface area (Å²) in [7, 11) is -3.29. The van der Waals surface area contributed by atoms with Gasteiger partial charge in [-0.05, 0) is 25.5 Å². The van der Waals surface area contributed by atoms with E-state index in [-0.39, 0.29) is 18.9 Å². The van der Waals surface area contributed by atoms with Crippen LogP contribution in [0.15, 0.2) is 18.2 Å². The second-order valence-electron chi connectivity index (χ2n) is 4.24. The first-order valence-corrected chi connectivity index (χ1v) is 6.68. The van der Waals surface area contributed by atoms with Crippen molar-refractivity contribution in [1.29, 1.82) is 0 Å². The van der Waals surface area contributed by atoms with Gasteiger partial charge in [0.2, 0.25) is 10.0 Å². The maximum atomic E-state index is 13.4. The lowest BCUT2D eigenvalue weighted by molar-refractivity contribution is 0.422. The largest absolute Gasteiger partial charge is 0.217 e. The highest BCUT2D eigenvalue weighted by Crippen LogP contribution is 2.28. The average Bonchev–Trinajstić information content (AvgIpc) is 2.63. The van der Waals surface area contributed by atoms with Crippen LogP contribution in [0.2, 0.25) is 0 Å². The number of hydrogen-bond donors (Lipinski definition) is 0. The van der Waals surface area contributed by atoms with Gasteiger partial charge in [0.05, 0.1) is 5.25 Å². The Hall–Kier alpha value is -0.940. The van der Waals surface area contributed by atoms with Gasteiger partial charge in [-0.2, -0.15) is 4.31 Å². The van der Waals surface area contributed by atoms with Gasteiger partial charge in [0.25, 0.3) is 0 Å². The summed E-state index contributed by atoms with van der Waals surface area (Å²) in [5, 5.41) is -0.468. The van der Waals surface area contributed by atoms with E-state index in [4.69, 9.17) is 0 Å². The molecule has 0 amide bonds. The third kappa shape index (κ3) is 1.74. The number of halogens is 1. The number of nitrogens with zero attached hydrogens (tertiary/aromatic N) is 1. The summed E-state index contributed by atoms with van der Waals surface area (Å²) in [4.78, 5) is 0. The van der Waals surface area contributed by atoms with Gasteiger partial charge in [-0.1, -0.05) is 12.1 Å². The zero-order valence-corrected chi connectivity index (χ0v) is 10.1. The van der Waals surface area contributed by atoms with Gasteiger partial charge in [-0.15, -0.1) is 0 Å². The topological polar surface area (TPSA) is 37.4 Å². The van der Waals surface area contributed by atoms with E-state index in [1.165, 1.54) is 10.4 Å². The Morgan fingerprint density at radius 2 is 2.00 bits per heavy atom. The van der Waals surface area contributed by atoms with Crippen LogP contribution in [0.5, 0.6) is 0 Å². The van der Waals surface area contributed by atoms with Crippen molar-refractivity contribution in [3.05, 3.63) is 35.1 Å². The summed E-state index contributed by atoms with van der Waals surface area (Å²) < 4.78 is 38.6. The molecule has 3 nitrogen and oxygen atoms in total. The highest BCUT2D eigenvalue weighted by Gasteiger charge is 2.32. The van der Waals surface area contributed by atoms with Crippen LogP contribution >= 0.6 is 0 Å². The summed E-state index contributed by atoms with van der Waals surface area (Å²) in [6, 6.07) is 4.75. The molecule has 0 spiro atoms. The van der Waals surface area contributed by atoms with Gasteiger partial charge in [0, 0.05) is 18.7 Å². The normalized spacial score (nSPS) is 16.8. The van der Waals surface area contributed by atoms with Crippen LogP contribution in [0, 0.1) is 5.82 Å².